The van der Waals surface area contributed by atoms with Gasteiger partial charge in [0.05, 0.1) is 25.3 Å². The molecule has 2 fully saturated rings. The van der Waals surface area contributed by atoms with Crippen molar-refractivity contribution >= 4 is 21.6 Å². The van der Waals surface area contributed by atoms with E-state index in [0.29, 0.717) is 44.9 Å². The lowest BCUT2D eigenvalue weighted by Gasteiger charge is -2.36. The lowest BCUT2D eigenvalue weighted by molar-refractivity contribution is -0.179. The van der Waals surface area contributed by atoms with Crippen LogP contribution < -0.4 is 4.74 Å². The van der Waals surface area contributed by atoms with Crippen molar-refractivity contribution in [3.8, 4) is 5.75 Å². The average Bonchev–Trinajstić information content (AvgIpc) is 2.95. The summed E-state index contributed by atoms with van der Waals surface area (Å²) in [5, 5.41) is 0.160. The fraction of sp³-hybridized carbons (Fsp3) is 0.571. The Morgan fingerprint density at radius 1 is 1.23 bits per heavy atom. The number of nitrogens with zero attached hydrogens (tertiary/aromatic N) is 1. The second kappa shape index (κ2) is 5.98. The number of rotatable bonds is 3. The molecule has 0 aliphatic carbocycles. The molecule has 2 aliphatic rings. The first kappa shape index (κ1) is 16.0. The first-order valence-electron chi connectivity index (χ1n) is 7.08. The maximum Gasteiger partial charge on any atom is 0.244 e. The predicted molar refractivity (Wildman–Crippen MR) is 80.6 cm³/mol. The van der Waals surface area contributed by atoms with Gasteiger partial charge in [0, 0.05) is 32.0 Å². The lowest BCUT2D eigenvalue weighted by Crippen LogP contribution is -2.47. The van der Waals surface area contributed by atoms with E-state index in [-0.39, 0.29) is 9.92 Å². The van der Waals surface area contributed by atoms with Crippen LogP contribution in [0.15, 0.2) is 23.1 Å². The van der Waals surface area contributed by atoms with Crippen LogP contribution in [0.3, 0.4) is 0 Å². The van der Waals surface area contributed by atoms with Crippen LogP contribution in [0.25, 0.3) is 0 Å². The molecule has 6 nitrogen and oxygen atoms in total. The van der Waals surface area contributed by atoms with E-state index in [0.717, 1.165) is 0 Å². The number of methoxy groups -OCH3 is 1. The Kier molecular flexibility index (Phi) is 4.35. The fourth-order valence-corrected chi connectivity index (χ4v) is 4.76. The predicted octanol–water partition coefficient (Wildman–Crippen LogP) is 1.88. The molecule has 122 valence electrons. The van der Waals surface area contributed by atoms with Crippen molar-refractivity contribution in [2.24, 2.45) is 0 Å². The molecule has 0 amide bonds. The molecule has 0 radical (unpaired) electrons. The number of hydrogen-bond acceptors (Lipinski definition) is 5. The lowest BCUT2D eigenvalue weighted by atomic mass is 10.1. The standard InChI is InChI=1S/C14H18ClNO5S/c1-19-11-2-3-13(12(15)10-11)22(17,18)16-6-4-14(5-7-16)20-8-9-21-14/h2-3,10H,4-9H2,1H3. The third-order valence-corrected chi connectivity index (χ3v) is 6.44. The molecular formula is C14H18ClNO5S. The van der Waals surface area contributed by atoms with E-state index in [4.69, 9.17) is 25.8 Å². The maximum absolute atomic E-state index is 12.7. The number of halogens is 1. The third kappa shape index (κ3) is 2.83. The van der Waals surface area contributed by atoms with Crippen LogP contribution >= 0.6 is 11.6 Å². The van der Waals surface area contributed by atoms with E-state index in [1.807, 2.05) is 0 Å². The Balaban J connectivity index is 1.79. The summed E-state index contributed by atoms with van der Waals surface area (Å²) >= 11 is 6.10. The third-order valence-electron chi connectivity index (χ3n) is 4.05. The van der Waals surface area contributed by atoms with Gasteiger partial charge in [0.25, 0.3) is 0 Å². The normalized spacial score (nSPS) is 22.1. The molecule has 22 heavy (non-hydrogen) atoms. The minimum absolute atomic E-state index is 0.0965. The molecule has 0 unspecified atom stereocenters. The van der Waals surface area contributed by atoms with Crippen LogP contribution in [0.4, 0.5) is 0 Å². The van der Waals surface area contributed by atoms with Gasteiger partial charge in [-0.15, -0.1) is 0 Å². The highest BCUT2D eigenvalue weighted by atomic mass is 35.5. The fourth-order valence-electron chi connectivity index (χ4n) is 2.81. The van der Waals surface area contributed by atoms with E-state index in [2.05, 4.69) is 0 Å². The summed E-state index contributed by atoms with van der Waals surface area (Å²) in [5.41, 5.74) is 0. The van der Waals surface area contributed by atoms with Crippen LogP contribution in [0.1, 0.15) is 12.8 Å². The molecule has 0 saturated carbocycles. The van der Waals surface area contributed by atoms with Gasteiger partial charge in [-0.3, -0.25) is 0 Å². The zero-order chi connectivity index (χ0) is 15.8. The van der Waals surface area contributed by atoms with Crippen LogP contribution in [0, 0.1) is 0 Å². The van der Waals surface area contributed by atoms with E-state index < -0.39 is 15.8 Å². The van der Waals surface area contributed by atoms with Crippen molar-refractivity contribution in [3.05, 3.63) is 23.2 Å². The Morgan fingerprint density at radius 3 is 2.41 bits per heavy atom. The number of piperidine rings is 1. The molecule has 0 N–H and O–H groups in total. The minimum atomic E-state index is -3.63. The quantitative estimate of drug-likeness (QED) is 0.835. The van der Waals surface area contributed by atoms with Crippen molar-refractivity contribution < 1.29 is 22.6 Å². The summed E-state index contributed by atoms with van der Waals surface area (Å²) in [4.78, 5) is 0.0965. The molecular weight excluding hydrogens is 330 g/mol. The first-order valence-corrected chi connectivity index (χ1v) is 8.90. The highest BCUT2D eigenvalue weighted by Crippen LogP contribution is 2.35. The molecule has 3 rings (SSSR count). The molecule has 1 spiro atoms. The molecule has 2 heterocycles. The summed E-state index contributed by atoms with van der Waals surface area (Å²) in [6.07, 6.45) is 1.06. The van der Waals surface area contributed by atoms with Gasteiger partial charge in [0.2, 0.25) is 10.0 Å². The molecule has 2 saturated heterocycles. The van der Waals surface area contributed by atoms with Gasteiger partial charge in [-0.05, 0) is 12.1 Å². The minimum Gasteiger partial charge on any atom is -0.497 e. The average molecular weight is 348 g/mol. The smallest absolute Gasteiger partial charge is 0.244 e. The van der Waals surface area contributed by atoms with Crippen molar-refractivity contribution in [1.82, 2.24) is 4.31 Å². The van der Waals surface area contributed by atoms with Crippen molar-refractivity contribution in [2.75, 3.05) is 33.4 Å². The van der Waals surface area contributed by atoms with Crippen LogP contribution in [-0.2, 0) is 19.5 Å². The largest absolute Gasteiger partial charge is 0.497 e. The molecule has 1 aromatic rings. The van der Waals surface area contributed by atoms with Gasteiger partial charge in [0.1, 0.15) is 10.6 Å². The summed E-state index contributed by atoms with van der Waals surface area (Å²) in [5.74, 6) is -0.0790. The van der Waals surface area contributed by atoms with Crippen molar-refractivity contribution in [1.29, 1.82) is 0 Å². The molecule has 0 bridgehead atoms. The summed E-state index contributed by atoms with van der Waals surface area (Å²) in [7, 11) is -2.12. The topological polar surface area (TPSA) is 65.1 Å². The van der Waals surface area contributed by atoms with Gasteiger partial charge >= 0.3 is 0 Å². The van der Waals surface area contributed by atoms with Crippen LogP contribution in [0.5, 0.6) is 5.75 Å². The highest BCUT2D eigenvalue weighted by Gasteiger charge is 2.42. The van der Waals surface area contributed by atoms with Crippen molar-refractivity contribution in [2.45, 2.75) is 23.5 Å². The number of benzene rings is 1. The zero-order valence-electron chi connectivity index (χ0n) is 12.2. The van der Waals surface area contributed by atoms with Gasteiger partial charge in [-0.1, -0.05) is 11.6 Å². The summed E-state index contributed by atoms with van der Waals surface area (Å²) in [6, 6.07) is 4.57. The van der Waals surface area contributed by atoms with Gasteiger partial charge < -0.3 is 14.2 Å². The van der Waals surface area contributed by atoms with Crippen LogP contribution in [-0.4, -0.2) is 51.9 Å². The Labute approximate surface area is 135 Å². The maximum atomic E-state index is 12.7. The zero-order valence-corrected chi connectivity index (χ0v) is 13.8. The molecule has 0 aromatic heterocycles. The van der Waals surface area contributed by atoms with E-state index in [1.165, 1.54) is 23.5 Å². The molecule has 2 aliphatic heterocycles. The highest BCUT2D eigenvalue weighted by molar-refractivity contribution is 7.89. The Hall–Kier alpha value is -0.860. The molecule has 8 heteroatoms. The van der Waals surface area contributed by atoms with E-state index >= 15 is 0 Å². The number of sulfonamides is 1. The number of hydrogen-bond donors (Lipinski definition) is 0. The summed E-state index contributed by atoms with van der Waals surface area (Å²) < 4.78 is 43.2. The van der Waals surface area contributed by atoms with Crippen LogP contribution in [0.2, 0.25) is 5.02 Å². The Morgan fingerprint density at radius 2 is 1.86 bits per heavy atom. The second-order valence-electron chi connectivity index (χ2n) is 5.31. The molecule has 1 aromatic carbocycles. The Bertz CT molecular complexity index is 647. The molecule has 0 atom stereocenters. The van der Waals surface area contributed by atoms with E-state index in [9.17, 15) is 8.42 Å². The van der Waals surface area contributed by atoms with Crippen molar-refractivity contribution in [3.63, 3.8) is 0 Å². The SMILES string of the molecule is COc1ccc(S(=O)(=O)N2CCC3(CC2)OCCO3)c(Cl)c1. The van der Waals surface area contributed by atoms with Gasteiger partial charge in [-0.2, -0.15) is 4.31 Å². The second-order valence-corrected chi connectivity index (χ2v) is 7.62. The monoisotopic (exact) mass is 347 g/mol. The summed E-state index contributed by atoms with van der Waals surface area (Å²) in [6.45, 7) is 1.84. The number of ether oxygens (including phenoxy) is 3. The first-order chi connectivity index (χ1) is 10.5. The van der Waals surface area contributed by atoms with Gasteiger partial charge in [0.15, 0.2) is 5.79 Å². The van der Waals surface area contributed by atoms with Gasteiger partial charge in [-0.25, -0.2) is 8.42 Å². The van der Waals surface area contributed by atoms with E-state index in [1.54, 1.807) is 6.07 Å².